The summed E-state index contributed by atoms with van der Waals surface area (Å²) in [5.74, 6) is -6.93. The zero-order valence-electron chi connectivity index (χ0n) is 33.0. The standard InChI is InChI=1S/C39H43F2N3O13S/c1-20-12-32(48)44(39(20)52)19-30(46)42-16-21(2)57-34(51)9-6-25(45)29-14-23-28(58-29)15-27(54-4)38(35(23)40)56-11-5-10-55-37-26(53-3)13-22-17-43(18-24(22)36(37)41)31(47)7-8-33(49)50/h13-15,20-21H,5-12,16-19H2,1-4H3,(H,42,46)(H,49,50)/t20?,21-/m0/s1/i1T. The van der Waals surface area contributed by atoms with E-state index in [4.69, 9.17) is 30.2 Å². The lowest BCUT2D eigenvalue weighted by atomic mass is 10.1. The lowest BCUT2D eigenvalue weighted by Gasteiger charge is -2.17. The Labute approximate surface area is 336 Å². The molecule has 4 amide bonds. The predicted octanol–water partition coefficient (Wildman–Crippen LogP) is 4.16. The number of amides is 4. The number of likely N-dealkylation sites (tertiary alicyclic amines) is 1. The quantitative estimate of drug-likeness (QED) is 0.0712. The summed E-state index contributed by atoms with van der Waals surface area (Å²) >= 11 is 0.998. The number of halogens is 2. The van der Waals surface area contributed by atoms with Gasteiger partial charge in [0, 0.05) is 67.8 Å². The van der Waals surface area contributed by atoms with Gasteiger partial charge in [0.2, 0.25) is 23.6 Å². The number of carboxylic acids is 1. The highest BCUT2D eigenvalue weighted by Gasteiger charge is 2.36. The molecule has 2 atom stereocenters. The van der Waals surface area contributed by atoms with Crippen LogP contribution in [0.1, 0.15) is 74.5 Å². The second kappa shape index (κ2) is 19.1. The number of nitrogens with one attached hydrogen (secondary N) is 1. The number of carbonyl (C=O) groups is 7. The molecule has 5 rings (SSSR count). The monoisotopic (exact) mass is 833 g/mol. The predicted molar refractivity (Wildman–Crippen MR) is 201 cm³/mol. The van der Waals surface area contributed by atoms with Gasteiger partial charge in [0.05, 0.1) is 51.7 Å². The maximum Gasteiger partial charge on any atom is 0.306 e. The minimum Gasteiger partial charge on any atom is -0.493 e. The molecular weight excluding hydrogens is 789 g/mol. The summed E-state index contributed by atoms with van der Waals surface area (Å²) in [4.78, 5) is 87.5. The number of rotatable bonds is 20. The Morgan fingerprint density at radius 2 is 1.66 bits per heavy atom. The number of nitrogens with zero attached hydrogens (tertiary/aromatic N) is 2. The van der Waals surface area contributed by atoms with Crippen molar-refractivity contribution in [1.82, 2.24) is 15.1 Å². The van der Waals surface area contributed by atoms with Crippen LogP contribution in [0.2, 0.25) is 0 Å². The molecule has 1 aromatic heterocycles. The van der Waals surface area contributed by atoms with Crippen molar-refractivity contribution in [2.45, 2.75) is 71.5 Å². The van der Waals surface area contributed by atoms with E-state index in [1.54, 1.807) is 6.07 Å². The number of ketones is 1. The van der Waals surface area contributed by atoms with Crippen molar-refractivity contribution < 1.29 is 72.5 Å². The number of benzene rings is 2. The fourth-order valence-corrected chi connectivity index (χ4v) is 7.32. The molecule has 0 saturated carbocycles. The van der Waals surface area contributed by atoms with Gasteiger partial charge in [0.25, 0.3) is 0 Å². The summed E-state index contributed by atoms with van der Waals surface area (Å²) in [5, 5.41) is 11.5. The third-order valence-electron chi connectivity index (χ3n) is 9.29. The van der Waals surface area contributed by atoms with E-state index in [2.05, 4.69) is 5.32 Å². The number of fused-ring (bicyclic) bond motifs is 2. The fraction of sp³-hybridized carbons (Fsp3) is 0.462. The number of Topliss-reactive ketones (excluding diaryl/α,β-unsaturated/α-hetero) is 1. The Kier molecular flexibility index (Phi) is 13.7. The smallest absolute Gasteiger partial charge is 0.306 e. The van der Waals surface area contributed by atoms with Crippen LogP contribution >= 0.6 is 11.3 Å². The average Bonchev–Trinajstić information content (AvgIpc) is 3.92. The van der Waals surface area contributed by atoms with Crippen molar-refractivity contribution in [3.63, 3.8) is 0 Å². The molecule has 2 N–H and O–H groups in total. The number of carbonyl (C=O) groups excluding carboxylic acids is 6. The molecular formula is C39H43F2N3O13S. The zero-order chi connectivity index (χ0) is 43.0. The molecule has 1 fully saturated rings. The largest absolute Gasteiger partial charge is 0.493 e. The minimum atomic E-state index is -1.11. The van der Waals surface area contributed by atoms with Gasteiger partial charge in [0.15, 0.2) is 40.4 Å². The van der Waals surface area contributed by atoms with Gasteiger partial charge in [-0.05, 0) is 24.6 Å². The van der Waals surface area contributed by atoms with Crippen LogP contribution in [0.15, 0.2) is 18.2 Å². The number of thiophene rings is 1. The lowest BCUT2D eigenvalue weighted by molar-refractivity contribution is -0.148. The molecule has 2 aromatic carbocycles. The molecule has 0 radical (unpaired) electrons. The van der Waals surface area contributed by atoms with Crippen LogP contribution in [0, 0.1) is 17.6 Å². The molecule has 0 aliphatic carbocycles. The molecule has 1 unspecified atom stereocenters. The van der Waals surface area contributed by atoms with Gasteiger partial charge in [-0.1, -0.05) is 6.90 Å². The van der Waals surface area contributed by atoms with Gasteiger partial charge in [-0.2, -0.15) is 0 Å². The number of hydrogen-bond acceptors (Lipinski definition) is 13. The second-order valence-corrected chi connectivity index (χ2v) is 14.6. The third kappa shape index (κ3) is 10.2. The molecule has 312 valence electrons. The summed E-state index contributed by atoms with van der Waals surface area (Å²) in [7, 11) is 2.66. The van der Waals surface area contributed by atoms with E-state index in [1.165, 1.54) is 38.2 Å². The summed E-state index contributed by atoms with van der Waals surface area (Å²) in [6.07, 6.45) is -1.84. The number of aliphatic carboxylic acids is 1. The molecule has 16 nitrogen and oxygen atoms in total. The number of esters is 1. The topological polar surface area (TPSA) is 204 Å². The van der Waals surface area contributed by atoms with E-state index >= 15 is 8.78 Å². The van der Waals surface area contributed by atoms with Crippen LogP contribution in [0.5, 0.6) is 23.0 Å². The van der Waals surface area contributed by atoms with Crippen molar-refractivity contribution in [3.8, 4) is 23.0 Å². The zero-order valence-corrected chi connectivity index (χ0v) is 32.8. The van der Waals surface area contributed by atoms with Gasteiger partial charge in [-0.3, -0.25) is 38.5 Å². The maximum absolute atomic E-state index is 15.8. The van der Waals surface area contributed by atoms with Crippen molar-refractivity contribution >= 4 is 62.8 Å². The van der Waals surface area contributed by atoms with E-state index in [0.717, 1.165) is 16.2 Å². The molecule has 58 heavy (non-hydrogen) atoms. The number of carboxylic acid groups (broad SMARTS) is 1. The number of methoxy groups -OCH3 is 2. The van der Waals surface area contributed by atoms with Crippen molar-refractivity contribution in [1.29, 1.82) is 0 Å². The minimum absolute atomic E-state index is 0.0537. The van der Waals surface area contributed by atoms with Crippen LogP contribution in [-0.4, -0.2) is 103 Å². The highest BCUT2D eigenvalue weighted by molar-refractivity contribution is 7.20. The average molecular weight is 834 g/mol. The Bertz CT molecular complexity index is 2150. The lowest BCUT2D eigenvalue weighted by Crippen LogP contribution is -2.42. The summed E-state index contributed by atoms with van der Waals surface area (Å²) in [5.41, 5.74) is 0.746. The van der Waals surface area contributed by atoms with E-state index < -0.39 is 71.6 Å². The first-order valence-corrected chi connectivity index (χ1v) is 19.0. The molecule has 2 aliphatic heterocycles. The van der Waals surface area contributed by atoms with Gasteiger partial charge in [0.1, 0.15) is 12.6 Å². The van der Waals surface area contributed by atoms with E-state index in [1.807, 2.05) is 0 Å². The molecule has 0 bridgehead atoms. The normalized spacial score (nSPS) is 15.5. The molecule has 3 aromatic rings. The van der Waals surface area contributed by atoms with Gasteiger partial charge in [-0.25, -0.2) is 8.78 Å². The Balaban J connectivity index is 1.10. The summed E-state index contributed by atoms with van der Waals surface area (Å²) in [6, 6.07) is 4.43. The second-order valence-electron chi connectivity index (χ2n) is 13.5. The van der Waals surface area contributed by atoms with E-state index in [0.29, 0.717) is 10.3 Å². The van der Waals surface area contributed by atoms with E-state index in [-0.39, 0.29) is 117 Å². The number of ether oxygens (including phenoxy) is 5. The van der Waals surface area contributed by atoms with Crippen molar-refractivity contribution in [2.24, 2.45) is 5.92 Å². The van der Waals surface area contributed by atoms with Crippen LogP contribution in [0.3, 0.4) is 0 Å². The first kappa shape index (κ1) is 41.8. The Hall–Kier alpha value is -5.85. The number of imide groups is 1. The van der Waals surface area contributed by atoms with Crippen molar-refractivity contribution in [2.75, 3.05) is 40.5 Å². The van der Waals surface area contributed by atoms with Crippen LogP contribution < -0.4 is 24.3 Å². The first-order valence-electron chi connectivity index (χ1n) is 18.9. The van der Waals surface area contributed by atoms with Gasteiger partial charge < -0.3 is 39.0 Å². The summed E-state index contributed by atoms with van der Waals surface area (Å²) < 4.78 is 66.4. The molecule has 0 spiro atoms. The third-order valence-corrected chi connectivity index (χ3v) is 10.4. The van der Waals surface area contributed by atoms with Crippen LogP contribution in [0.25, 0.3) is 10.1 Å². The first-order chi connectivity index (χ1) is 28.1. The SMILES string of the molecule is [3H]CC1CC(=O)N(CC(=O)NC[C@H](C)OC(=O)CCC(=O)c2cc3c(F)c(OCCCOc4c(OC)cc5c(c4F)CN(C(=O)CCC(=O)O)C5)c(OC)cc3s2)C1=O. The Morgan fingerprint density at radius 3 is 2.31 bits per heavy atom. The van der Waals surface area contributed by atoms with Gasteiger partial charge >= 0.3 is 11.9 Å². The molecule has 19 heteroatoms. The highest BCUT2D eigenvalue weighted by atomic mass is 32.1. The fourth-order valence-electron chi connectivity index (χ4n) is 6.26. The van der Waals surface area contributed by atoms with Crippen LogP contribution in [0.4, 0.5) is 8.78 Å². The highest BCUT2D eigenvalue weighted by Crippen LogP contribution is 2.41. The molecule has 2 aliphatic rings. The number of hydrogen-bond donors (Lipinski definition) is 2. The van der Waals surface area contributed by atoms with Gasteiger partial charge in [-0.15, -0.1) is 11.3 Å². The maximum atomic E-state index is 15.8. The Morgan fingerprint density at radius 1 is 0.966 bits per heavy atom. The van der Waals surface area contributed by atoms with Crippen LogP contribution in [-0.2, 0) is 46.6 Å². The summed E-state index contributed by atoms with van der Waals surface area (Å²) in [6.45, 7) is 0.537. The molecule has 3 heterocycles. The molecule has 1 saturated heterocycles. The van der Waals surface area contributed by atoms with Crippen molar-refractivity contribution in [3.05, 3.63) is 45.8 Å². The van der Waals surface area contributed by atoms with E-state index in [9.17, 15) is 33.6 Å².